The summed E-state index contributed by atoms with van der Waals surface area (Å²) in [7, 11) is 0. The molecule has 0 aliphatic carbocycles. The summed E-state index contributed by atoms with van der Waals surface area (Å²) in [5.74, 6) is 1.52. The molecule has 19 heavy (non-hydrogen) atoms. The van der Waals surface area contributed by atoms with Crippen molar-refractivity contribution in [3.05, 3.63) is 22.2 Å². The average molecular weight is 328 g/mol. The maximum Gasteiger partial charge on any atom is 0.172 e. The molecular weight excluding hydrogens is 306 g/mol. The molecule has 1 aromatic rings. The van der Waals surface area contributed by atoms with Gasteiger partial charge in [-0.3, -0.25) is 4.90 Å². The van der Waals surface area contributed by atoms with Crippen LogP contribution in [0.4, 0.5) is 0 Å². The van der Waals surface area contributed by atoms with Gasteiger partial charge in [-0.25, -0.2) is 0 Å². The number of nitrogens with zero attached hydrogens (tertiary/aromatic N) is 1. The first kappa shape index (κ1) is 14.7. The van der Waals surface area contributed by atoms with Crippen LogP contribution >= 0.6 is 15.9 Å². The number of likely N-dealkylation sites (tertiary alicyclic amines) is 1. The van der Waals surface area contributed by atoms with Crippen LogP contribution in [0.15, 0.2) is 16.6 Å². The van der Waals surface area contributed by atoms with Crippen molar-refractivity contribution in [3.8, 4) is 11.5 Å². The molecule has 2 rings (SSSR count). The lowest BCUT2D eigenvalue weighted by atomic mass is 10.1. The number of benzene rings is 1. The molecular formula is C15H22BrNO2. The zero-order chi connectivity index (χ0) is 14.0. The molecule has 0 saturated carbocycles. The van der Waals surface area contributed by atoms with Crippen molar-refractivity contribution in [2.45, 2.75) is 39.8 Å². The Kier molecular flexibility index (Phi) is 4.74. The summed E-state index contributed by atoms with van der Waals surface area (Å²) in [5.41, 5.74) is 1.18. The van der Waals surface area contributed by atoms with Crippen molar-refractivity contribution < 1.29 is 9.84 Å². The highest BCUT2D eigenvalue weighted by molar-refractivity contribution is 9.10. The minimum Gasteiger partial charge on any atom is -0.503 e. The van der Waals surface area contributed by atoms with E-state index >= 15 is 0 Å². The van der Waals surface area contributed by atoms with Crippen molar-refractivity contribution in [1.29, 1.82) is 0 Å². The molecule has 1 saturated heterocycles. The number of phenols is 1. The van der Waals surface area contributed by atoms with Gasteiger partial charge in [0, 0.05) is 19.1 Å². The van der Waals surface area contributed by atoms with Gasteiger partial charge >= 0.3 is 0 Å². The van der Waals surface area contributed by atoms with Gasteiger partial charge in [0.2, 0.25) is 0 Å². The van der Waals surface area contributed by atoms with Crippen molar-refractivity contribution in [1.82, 2.24) is 4.90 Å². The summed E-state index contributed by atoms with van der Waals surface area (Å²) < 4.78 is 6.17. The molecule has 0 spiro atoms. The molecule has 0 bridgehead atoms. The van der Waals surface area contributed by atoms with Crippen molar-refractivity contribution in [2.75, 3.05) is 13.2 Å². The Morgan fingerprint density at radius 2 is 2.16 bits per heavy atom. The first-order valence-electron chi connectivity index (χ1n) is 6.89. The molecule has 1 N–H and O–H groups in total. The molecule has 1 heterocycles. The summed E-state index contributed by atoms with van der Waals surface area (Å²) in [5, 5.41) is 9.92. The number of phenolic OH excluding ortho intramolecular Hbond substituents is 1. The van der Waals surface area contributed by atoms with Crippen LogP contribution in [0, 0.1) is 5.92 Å². The summed E-state index contributed by atoms with van der Waals surface area (Å²) in [6.07, 6.45) is 1.26. The minimum absolute atomic E-state index is 0.188. The number of hydrogen-bond donors (Lipinski definition) is 1. The van der Waals surface area contributed by atoms with E-state index in [2.05, 4.69) is 34.7 Å². The van der Waals surface area contributed by atoms with Crippen LogP contribution in [-0.4, -0.2) is 29.2 Å². The van der Waals surface area contributed by atoms with Gasteiger partial charge in [0.15, 0.2) is 11.5 Å². The minimum atomic E-state index is 0.188. The Hall–Kier alpha value is -0.740. The number of aromatic hydroxyl groups is 1. The fourth-order valence-electron chi connectivity index (χ4n) is 2.83. The van der Waals surface area contributed by atoms with Gasteiger partial charge < -0.3 is 9.84 Å². The van der Waals surface area contributed by atoms with Gasteiger partial charge in [-0.15, -0.1) is 0 Å². The topological polar surface area (TPSA) is 32.7 Å². The quantitative estimate of drug-likeness (QED) is 0.913. The SMILES string of the molecule is CCOc1cc(CN2CC(C)CC2C)cc(Br)c1O. The van der Waals surface area contributed by atoms with Crippen molar-refractivity contribution >= 4 is 15.9 Å². The molecule has 0 aromatic heterocycles. The number of hydrogen-bond acceptors (Lipinski definition) is 3. The highest BCUT2D eigenvalue weighted by atomic mass is 79.9. The Morgan fingerprint density at radius 3 is 2.74 bits per heavy atom. The second-order valence-corrected chi connectivity index (χ2v) is 6.33. The van der Waals surface area contributed by atoms with Crippen LogP contribution in [0.3, 0.4) is 0 Å². The Morgan fingerprint density at radius 1 is 1.42 bits per heavy atom. The van der Waals surface area contributed by atoms with E-state index in [1.807, 2.05) is 19.1 Å². The van der Waals surface area contributed by atoms with E-state index in [9.17, 15) is 5.11 Å². The third kappa shape index (κ3) is 3.42. The van der Waals surface area contributed by atoms with E-state index in [1.165, 1.54) is 12.0 Å². The van der Waals surface area contributed by atoms with Crippen LogP contribution in [-0.2, 0) is 6.54 Å². The average Bonchev–Trinajstić information content (AvgIpc) is 2.64. The van der Waals surface area contributed by atoms with Crippen molar-refractivity contribution in [2.24, 2.45) is 5.92 Å². The van der Waals surface area contributed by atoms with E-state index in [0.717, 1.165) is 19.0 Å². The summed E-state index contributed by atoms with van der Waals surface area (Å²) >= 11 is 3.39. The molecule has 1 aliphatic rings. The standard InChI is InChI=1S/C15H22BrNO2/c1-4-19-14-7-12(6-13(16)15(14)18)9-17-8-10(2)5-11(17)3/h6-7,10-11,18H,4-5,8-9H2,1-3H3. The molecule has 2 unspecified atom stereocenters. The molecule has 2 atom stereocenters. The zero-order valence-electron chi connectivity index (χ0n) is 11.8. The number of rotatable bonds is 4. The smallest absolute Gasteiger partial charge is 0.172 e. The van der Waals surface area contributed by atoms with Crippen LogP contribution in [0.5, 0.6) is 11.5 Å². The van der Waals surface area contributed by atoms with Gasteiger partial charge in [0.05, 0.1) is 11.1 Å². The van der Waals surface area contributed by atoms with E-state index in [0.29, 0.717) is 22.9 Å². The summed E-state index contributed by atoms with van der Waals surface area (Å²) in [4.78, 5) is 2.49. The highest BCUT2D eigenvalue weighted by Crippen LogP contribution is 2.36. The first-order valence-corrected chi connectivity index (χ1v) is 7.68. The van der Waals surface area contributed by atoms with Crippen LogP contribution in [0.25, 0.3) is 0 Å². The Balaban J connectivity index is 2.16. The Labute approximate surface area is 123 Å². The fourth-order valence-corrected chi connectivity index (χ4v) is 3.31. The third-order valence-electron chi connectivity index (χ3n) is 3.69. The Bertz CT molecular complexity index is 450. The molecule has 4 heteroatoms. The van der Waals surface area contributed by atoms with E-state index in [4.69, 9.17) is 4.74 Å². The number of halogens is 1. The molecule has 106 valence electrons. The lowest BCUT2D eigenvalue weighted by Gasteiger charge is -2.21. The summed E-state index contributed by atoms with van der Waals surface area (Å²) in [6.45, 7) is 9.11. The maximum absolute atomic E-state index is 9.92. The van der Waals surface area contributed by atoms with Gasteiger partial charge in [-0.1, -0.05) is 6.92 Å². The maximum atomic E-state index is 9.92. The van der Waals surface area contributed by atoms with Gasteiger partial charge in [-0.05, 0) is 59.8 Å². The lowest BCUT2D eigenvalue weighted by Crippen LogP contribution is -2.26. The van der Waals surface area contributed by atoms with Crippen molar-refractivity contribution in [3.63, 3.8) is 0 Å². The molecule has 3 nitrogen and oxygen atoms in total. The van der Waals surface area contributed by atoms with E-state index in [1.54, 1.807) is 0 Å². The third-order valence-corrected chi connectivity index (χ3v) is 4.29. The van der Waals surface area contributed by atoms with E-state index in [-0.39, 0.29) is 5.75 Å². The lowest BCUT2D eigenvalue weighted by molar-refractivity contribution is 0.255. The largest absolute Gasteiger partial charge is 0.503 e. The highest BCUT2D eigenvalue weighted by Gasteiger charge is 2.26. The zero-order valence-corrected chi connectivity index (χ0v) is 13.4. The molecule has 1 aromatic carbocycles. The molecule has 1 fully saturated rings. The molecule has 0 radical (unpaired) electrons. The predicted molar refractivity (Wildman–Crippen MR) is 80.6 cm³/mol. The fraction of sp³-hybridized carbons (Fsp3) is 0.600. The predicted octanol–water partition coefficient (Wildman–Crippen LogP) is 3.78. The normalized spacial score (nSPS) is 23.8. The molecule has 0 amide bonds. The van der Waals surface area contributed by atoms with E-state index < -0.39 is 0 Å². The van der Waals surface area contributed by atoms with Gasteiger partial charge in [-0.2, -0.15) is 0 Å². The van der Waals surface area contributed by atoms with Gasteiger partial charge in [0.25, 0.3) is 0 Å². The summed E-state index contributed by atoms with van der Waals surface area (Å²) in [6, 6.07) is 4.55. The molecule has 1 aliphatic heterocycles. The second-order valence-electron chi connectivity index (χ2n) is 5.48. The first-order chi connectivity index (χ1) is 9.01. The van der Waals surface area contributed by atoms with Crippen LogP contribution < -0.4 is 4.74 Å². The van der Waals surface area contributed by atoms with Crippen LogP contribution in [0.1, 0.15) is 32.8 Å². The second kappa shape index (κ2) is 6.14. The van der Waals surface area contributed by atoms with Crippen LogP contribution in [0.2, 0.25) is 0 Å². The monoisotopic (exact) mass is 327 g/mol. The van der Waals surface area contributed by atoms with Gasteiger partial charge in [0.1, 0.15) is 0 Å². The number of ether oxygens (including phenoxy) is 1.